The SMILES string of the molecule is CCn1c(CCC(=O)Nc2ccc(F)c(F)c2)nc2cc(S(=O)(=O)N3CCOCC3)ccc21. The van der Waals surface area contributed by atoms with E-state index in [0.717, 1.165) is 17.6 Å². The Kier molecular flexibility index (Phi) is 6.73. The minimum Gasteiger partial charge on any atom is -0.379 e. The van der Waals surface area contributed by atoms with Crippen LogP contribution in [0.5, 0.6) is 0 Å². The molecule has 1 saturated heterocycles. The molecule has 1 aliphatic rings. The number of nitrogens with one attached hydrogen (secondary N) is 1. The predicted molar refractivity (Wildman–Crippen MR) is 118 cm³/mol. The number of imidazole rings is 1. The van der Waals surface area contributed by atoms with Gasteiger partial charge in [-0.3, -0.25) is 4.79 Å². The van der Waals surface area contributed by atoms with Gasteiger partial charge in [0.1, 0.15) is 5.82 Å². The number of amides is 1. The van der Waals surface area contributed by atoms with Crippen molar-refractivity contribution in [2.24, 2.45) is 0 Å². The largest absolute Gasteiger partial charge is 0.379 e. The van der Waals surface area contributed by atoms with E-state index in [1.54, 1.807) is 18.2 Å². The molecule has 0 unspecified atom stereocenters. The average molecular weight is 479 g/mol. The smallest absolute Gasteiger partial charge is 0.243 e. The van der Waals surface area contributed by atoms with Crippen molar-refractivity contribution in [1.29, 1.82) is 0 Å². The van der Waals surface area contributed by atoms with Crippen LogP contribution < -0.4 is 5.32 Å². The van der Waals surface area contributed by atoms with E-state index in [1.165, 1.54) is 10.4 Å². The van der Waals surface area contributed by atoms with Crippen LogP contribution in [0, 0.1) is 11.6 Å². The van der Waals surface area contributed by atoms with Crippen LogP contribution in [0.1, 0.15) is 19.2 Å². The molecule has 4 rings (SSSR count). The molecule has 0 saturated carbocycles. The summed E-state index contributed by atoms with van der Waals surface area (Å²) in [7, 11) is -3.65. The van der Waals surface area contributed by atoms with Crippen molar-refractivity contribution in [2.45, 2.75) is 31.2 Å². The van der Waals surface area contributed by atoms with E-state index >= 15 is 0 Å². The minimum absolute atomic E-state index is 0.0707. The molecule has 0 spiro atoms. The molecule has 2 heterocycles. The maximum atomic E-state index is 13.3. The number of benzene rings is 2. The van der Waals surface area contributed by atoms with Gasteiger partial charge in [-0.1, -0.05) is 0 Å². The van der Waals surface area contributed by atoms with Crippen molar-refractivity contribution in [3.05, 3.63) is 53.9 Å². The highest BCUT2D eigenvalue weighted by molar-refractivity contribution is 7.89. The molecule has 1 N–H and O–H groups in total. The molecule has 33 heavy (non-hydrogen) atoms. The molecule has 8 nitrogen and oxygen atoms in total. The summed E-state index contributed by atoms with van der Waals surface area (Å²) in [5.41, 5.74) is 1.47. The molecule has 1 fully saturated rings. The zero-order chi connectivity index (χ0) is 23.6. The highest BCUT2D eigenvalue weighted by Crippen LogP contribution is 2.24. The standard InChI is InChI=1S/C22H24F2N4O4S/c1-2-28-20-6-4-16(33(30,31)27-9-11-32-12-10-27)14-19(20)26-21(28)7-8-22(29)25-15-3-5-17(23)18(24)13-15/h3-6,13-14H,2,7-12H2,1H3,(H,25,29). The van der Waals surface area contributed by atoms with Crippen molar-refractivity contribution < 1.29 is 26.7 Å². The Labute approximate surface area is 190 Å². The fourth-order valence-corrected chi connectivity index (χ4v) is 5.25. The van der Waals surface area contributed by atoms with Crippen molar-refractivity contribution in [3.8, 4) is 0 Å². The number of carbonyl (C=O) groups excluding carboxylic acids is 1. The number of halogens is 2. The fourth-order valence-electron chi connectivity index (χ4n) is 3.82. The Morgan fingerprint density at radius 1 is 1.12 bits per heavy atom. The van der Waals surface area contributed by atoms with Gasteiger partial charge < -0.3 is 14.6 Å². The molecule has 0 atom stereocenters. The number of aryl methyl sites for hydroxylation is 2. The number of sulfonamides is 1. The van der Waals surface area contributed by atoms with Crippen molar-refractivity contribution >= 4 is 32.7 Å². The summed E-state index contributed by atoms with van der Waals surface area (Å²) in [6, 6.07) is 8.00. The molecule has 2 aromatic carbocycles. The van der Waals surface area contributed by atoms with Crippen LogP contribution in [0.2, 0.25) is 0 Å². The van der Waals surface area contributed by atoms with Crippen LogP contribution in [0.25, 0.3) is 11.0 Å². The molecule has 1 aromatic heterocycles. The van der Waals surface area contributed by atoms with Crippen LogP contribution in [0.4, 0.5) is 14.5 Å². The number of morpholine rings is 1. The van der Waals surface area contributed by atoms with E-state index in [-0.39, 0.29) is 22.9 Å². The molecule has 1 amide bonds. The lowest BCUT2D eigenvalue weighted by atomic mass is 10.2. The topological polar surface area (TPSA) is 93.5 Å². The molecule has 11 heteroatoms. The summed E-state index contributed by atoms with van der Waals surface area (Å²) in [5.74, 6) is -1.76. The third-order valence-corrected chi connectivity index (χ3v) is 7.40. The third-order valence-electron chi connectivity index (χ3n) is 5.50. The van der Waals surface area contributed by atoms with E-state index in [0.29, 0.717) is 50.6 Å². The summed E-state index contributed by atoms with van der Waals surface area (Å²) >= 11 is 0. The van der Waals surface area contributed by atoms with E-state index in [1.807, 2.05) is 11.5 Å². The second-order valence-electron chi connectivity index (χ2n) is 7.62. The summed E-state index contributed by atoms with van der Waals surface area (Å²) in [5, 5.41) is 2.54. The first-order valence-electron chi connectivity index (χ1n) is 10.6. The monoisotopic (exact) mass is 478 g/mol. The average Bonchev–Trinajstić information content (AvgIpc) is 3.17. The lowest BCUT2D eigenvalue weighted by Gasteiger charge is -2.26. The maximum Gasteiger partial charge on any atom is 0.243 e. The molecular formula is C22H24F2N4O4S. The fraction of sp³-hybridized carbons (Fsp3) is 0.364. The van der Waals surface area contributed by atoms with Gasteiger partial charge in [0.25, 0.3) is 0 Å². The zero-order valence-corrected chi connectivity index (χ0v) is 18.9. The molecule has 0 radical (unpaired) electrons. The highest BCUT2D eigenvalue weighted by atomic mass is 32.2. The summed E-state index contributed by atoms with van der Waals surface area (Å²) in [4.78, 5) is 17.0. The summed E-state index contributed by atoms with van der Waals surface area (Å²) in [6.45, 7) is 3.87. The van der Waals surface area contributed by atoms with Gasteiger partial charge in [-0.2, -0.15) is 4.31 Å². The Hall–Kier alpha value is -2.89. The number of aromatic nitrogens is 2. The van der Waals surface area contributed by atoms with Crippen LogP contribution in [0.3, 0.4) is 0 Å². The van der Waals surface area contributed by atoms with E-state index < -0.39 is 21.7 Å². The number of carbonyl (C=O) groups is 1. The first-order valence-corrected chi connectivity index (χ1v) is 12.1. The van der Waals surface area contributed by atoms with Gasteiger partial charge in [0.2, 0.25) is 15.9 Å². The molecule has 0 aliphatic carbocycles. The van der Waals surface area contributed by atoms with Crippen LogP contribution >= 0.6 is 0 Å². The molecule has 0 bridgehead atoms. The second kappa shape index (κ2) is 9.54. The number of rotatable bonds is 7. The zero-order valence-electron chi connectivity index (χ0n) is 18.1. The quantitative estimate of drug-likeness (QED) is 0.564. The number of hydrogen-bond donors (Lipinski definition) is 1. The number of nitrogens with zero attached hydrogens (tertiary/aromatic N) is 3. The number of fused-ring (bicyclic) bond motifs is 1. The first-order chi connectivity index (χ1) is 15.8. The molecule has 176 valence electrons. The Morgan fingerprint density at radius 3 is 2.58 bits per heavy atom. The van der Waals surface area contributed by atoms with E-state index in [2.05, 4.69) is 10.3 Å². The highest BCUT2D eigenvalue weighted by Gasteiger charge is 2.27. The summed E-state index contributed by atoms with van der Waals surface area (Å²) in [6.07, 6.45) is 0.366. The van der Waals surface area contributed by atoms with Crippen LogP contribution in [0.15, 0.2) is 41.3 Å². The van der Waals surface area contributed by atoms with Gasteiger partial charge in [0.15, 0.2) is 11.6 Å². The van der Waals surface area contributed by atoms with Gasteiger partial charge >= 0.3 is 0 Å². The van der Waals surface area contributed by atoms with Gasteiger partial charge in [-0.05, 0) is 37.3 Å². The summed E-state index contributed by atoms with van der Waals surface area (Å²) < 4.78 is 60.9. The predicted octanol–water partition coefficient (Wildman–Crippen LogP) is 2.93. The van der Waals surface area contributed by atoms with Gasteiger partial charge in [-0.25, -0.2) is 22.2 Å². The van der Waals surface area contributed by atoms with E-state index in [9.17, 15) is 22.0 Å². The van der Waals surface area contributed by atoms with Gasteiger partial charge in [-0.15, -0.1) is 0 Å². The number of hydrogen-bond acceptors (Lipinski definition) is 5. The Balaban J connectivity index is 1.51. The van der Waals surface area contributed by atoms with Crippen LogP contribution in [-0.2, 0) is 32.5 Å². The van der Waals surface area contributed by atoms with E-state index in [4.69, 9.17) is 4.74 Å². The Morgan fingerprint density at radius 2 is 1.88 bits per heavy atom. The van der Waals surface area contributed by atoms with Gasteiger partial charge in [0.05, 0.1) is 29.1 Å². The van der Waals surface area contributed by atoms with Crippen molar-refractivity contribution in [2.75, 3.05) is 31.6 Å². The lowest BCUT2D eigenvalue weighted by Crippen LogP contribution is -2.40. The van der Waals surface area contributed by atoms with Crippen molar-refractivity contribution in [3.63, 3.8) is 0 Å². The lowest BCUT2D eigenvalue weighted by molar-refractivity contribution is -0.116. The second-order valence-corrected chi connectivity index (χ2v) is 9.55. The van der Waals surface area contributed by atoms with Gasteiger partial charge in [0, 0.05) is 44.2 Å². The molecule has 1 aliphatic heterocycles. The molecular weight excluding hydrogens is 454 g/mol. The third kappa shape index (κ3) is 4.90. The number of ether oxygens (including phenoxy) is 1. The Bertz CT molecular complexity index is 1290. The number of anilines is 1. The maximum absolute atomic E-state index is 13.3. The normalized spacial score (nSPS) is 15.1. The van der Waals surface area contributed by atoms with Crippen molar-refractivity contribution in [1.82, 2.24) is 13.9 Å². The minimum atomic E-state index is -3.65. The molecule has 3 aromatic rings. The van der Waals surface area contributed by atoms with Crippen LogP contribution in [-0.4, -0.2) is 54.5 Å². The first kappa shape index (κ1) is 23.3.